The number of rotatable bonds is 8. The second-order valence-electron chi connectivity index (χ2n) is 7.01. The van der Waals surface area contributed by atoms with E-state index in [-0.39, 0.29) is 18.0 Å². The van der Waals surface area contributed by atoms with E-state index in [1.54, 1.807) is 14.2 Å². The van der Waals surface area contributed by atoms with E-state index < -0.39 is 0 Å². The fourth-order valence-electron chi connectivity index (χ4n) is 3.84. The smallest absolute Gasteiger partial charge is 0.239 e. The van der Waals surface area contributed by atoms with Crippen molar-refractivity contribution in [3.8, 4) is 0 Å². The van der Waals surface area contributed by atoms with Crippen molar-refractivity contribution in [1.29, 1.82) is 0 Å². The van der Waals surface area contributed by atoms with Crippen molar-refractivity contribution in [2.45, 2.75) is 37.6 Å². The van der Waals surface area contributed by atoms with Gasteiger partial charge in [0.05, 0.1) is 26.4 Å². The summed E-state index contributed by atoms with van der Waals surface area (Å²) < 4.78 is 10.5. The monoisotopic (exact) mass is 369 g/mol. The molecule has 1 amide bonds. The Morgan fingerprint density at radius 3 is 2.54 bits per heavy atom. The second kappa shape index (κ2) is 11.4. The number of morpholine rings is 1. The van der Waals surface area contributed by atoms with Crippen LogP contribution in [0.15, 0.2) is 4.99 Å². The summed E-state index contributed by atoms with van der Waals surface area (Å²) in [7, 11) is 3.35. The third kappa shape index (κ3) is 6.41. The summed E-state index contributed by atoms with van der Waals surface area (Å²) in [5, 5.41) is 9.35. The average Bonchev–Trinajstić information content (AvgIpc) is 2.70. The number of nitrogens with one attached hydrogen (secondary N) is 3. The molecule has 3 N–H and O–H groups in total. The molecule has 150 valence electrons. The summed E-state index contributed by atoms with van der Waals surface area (Å²) in [5.74, 6) is 0.607. The third-order valence-electron chi connectivity index (χ3n) is 5.32. The van der Waals surface area contributed by atoms with Gasteiger partial charge in [-0.1, -0.05) is 19.3 Å². The molecule has 0 bridgehead atoms. The Morgan fingerprint density at radius 1 is 1.15 bits per heavy atom. The molecule has 0 aromatic rings. The van der Waals surface area contributed by atoms with E-state index in [1.807, 2.05) is 0 Å². The first-order valence-electron chi connectivity index (χ1n) is 9.73. The Bertz CT molecular complexity index is 446. The minimum Gasteiger partial charge on any atom is -0.383 e. The lowest BCUT2D eigenvalue weighted by Gasteiger charge is -2.48. The summed E-state index contributed by atoms with van der Waals surface area (Å²) in [6.07, 6.45) is 6.27. The molecule has 1 saturated carbocycles. The Morgan fingerprint density at radius 2 is 1.88 bits per heavy atom. The highest BCUT2D eigenvalue weighted by Gasteiger charge is 2.38. The van der Waals surface area contributed by atoms with Crippen LogP contribution in [0.5, 0.6) is 0 Å². The molecule has 26 heavy (non-hydrogen) atoms. The van der Waals surface area contributed by atoms with Gasteiger partial charge in [0.15, 0.2) is 5.96 Å². The summed E-state index contributed by atoms with van der Waals surface area (Å²) in [6.45, 7) is 5.70. The van der Waals surface area contributed by atoms with Crippen LogP contribution in [0.2, 0.25) is 0 Å². The van der Waals surface area contributed by atoms with Gasteiger partial charge < -0.3 is 25.4 Å². The molecule has 8 heteroatoms. The van der Waals surface area contributed by atoms with Crippen LogP contribution in [-0.2, 0) is 14.3 Å². The highest BCUT2D eigenvalue weighted by atomic mass is 16.5. The van der Waals surface area contributed by atoms with Crippen molar-refractivity contribution in [2.24, 2.45) is 4.99 Å². The number of aliphatic imine (C=N–C) groups is 1. The minimum absolute atomic E-state index is 0.0643. The highest BCUT2D eigenvalue weighted by molar-refractivity contribution is 5.86. The van der Waals surface area contributed by atoms with Crippen LogP contribution in [-0.4, -0.2) is 89.0 Å². The number of methoxy groups -OCH3 is 1. The lowest BCUT2D eigenvalue weighted by Crippen LogP contribution is -2.60. The van der Waals surface area contributed by atoms with Gasteiger partial charge in [0.25, 0.3) is 0 Å². The fraction of sp³-hybridized carbons (Fsp3) is 0.889. The van der Waals surface area contributed by atoms with Crippen LogP contribution in [0.3, 0.4) is 0 Å². The van der Waals surface area contributed by atoms with E-state index in [4.69, 9.17) is 9.47 Å². The number of amides is 1. The molecule has 1 heterocycles. The largest absolute Gasteiger partial charge is 0.383 e. The number of carbonyl (C=O) groups is 1. The Hall–Kier alpha value is -1.38. The Balaban J connectivity index is 1.82. The lowest BCUT2D eigenvalue weighted by atomic mass is 9.80. The highest BCUT2D eigenvalue weighted by Crippen LogP contribution is 2.33. The fourth-order valence-corrected chi connectivity index (χ4v) is 3.84. The van der Waals surface area contributed by atoms with Gasteiger partial charge in [0.2, 0.25) is 5.91 Å². The van der Waals surface area contributed by atoms with Crippen LogP contribution in [0.25, 0.3) is 0 Å². The first-order chi connectivity index (χ1) is 12.7. The zero-order valence-corrected chi connectivity index (χ0v) is 16.3. The van der Waals surface area contributed by atoms with Crippen molar-refractivity contribution in [3.63, 3.8) is 0 Å². The minimum atomic E-state index is -0.0643. The summed E-state index contributed by atoms with van der Waals surface area (Å²) >= 11 is 0. The number of hydrogen-bond donors (Lipinski definition) is 3. The van der Waals surface area contributed by atoms with Gasteiger partial charge in [-0.05, 0) is 12.8 Å². The molecule has 0 spiro atoms. The average molecular weight is 370 g/mol. The molecule has 2 fully saturated rings. The van der Waals surface area contributed by atoms with E-state index in [0.29, 0.717) is 19.1 Å². The molecule has 0 aromatic carbocycles. The third-order valence-corrected chi connectivity index (χ3v) is 5.32. The first kappa shape index (κ1) is 20.9. The maximum absolute atomic E-state index is 11.8. The predicted molar refractivity (Wildman–Crippen MR) is 102 cm³/mol. The molecular weight excluding hydrogens is 334 g/mol. The number of ether oxygens (including phenoxy) is 2. The second-order valence-corrected chi connectivity index (χ2v) is 7.01. The quantitative estimate of drug-likeness (QED) is 0.316. The van der Waals surface area contributed by atoms with E-state index in [2.05, 4.69) is 25.8 Å². The van der Waals surface area contributed by atoms with Gasteiger partial charge in [-0.15, -0.1) is 0 Å². The number of carbonyl (C=O) groups excluding carboxylic acids is 1. The zero-order chi connectivity index (χ0) is 18.7. The molecule has 1 aliphatic carbocycles. The topological polar surface area (TPSA) is 87.2 Å². The molecule has 2 aliphatic rings. The van der Waals surface area contributed by atoms with Gasteiger partial charge in [-0.25, -0.2) is 0 Å². The van der Waals surface area contributed by atoms with Crippen molar-refractivity contribution < 1.29 is 14.3 Å². The Labute approximate surface area is 157 Å². The first-order valence-corrected chi connectivity index (χ1v) is 9.73. The molecule has 8 nitrogen and oxygen atoms in total. The van der Waals surface area contributed by atoms with E-state index in [1.165, 1.54) is 32.1 Å². The normalized spacial score (nSPS) is 21.2. The molecule has 0 radical (unpaired) electrons. The van der Waals surface area contributed by atoms with Crippen LogP contribution < -0.4 is 16.0 Å². The molecule has 0 unspecified atom stereocenters. The van der Waals surface area contributed by atoms with Gasteiger partial charge in [0.1, 0.15) is 0 Å². The van der Waals surface area contributed by atoms with Gasteiger partial charge in [-0.2, -0.15) is 0 Å². The number of hydrogen-bond acceptors (Lipinski definition) is 5. The summed E-state index contributed by atoms with van der Waals surface area (Å²) in [5.41, 5.74) is 0.167. The Kier molecular flexibility index (Phi) is 9.14. The van der Waals surface area contributed by atoms with Crippen LogP contribution >= 0.6 is 0 Å². The molecule has 0 aromatic heterocycles. The molecule has 1 aliphatic heterocycles. The standard InChI is InChI=1S/C18H35N5O3/c1-19-17(21-14-16(24)20-8-11-25-2)22-15-18(6-4-3-5-7-18)23-9-12-26-13-10-23/h3-15H2,1-2H3,(H,20,24)(H2,19,21,22). The molecule has 2 rings (SSSR count). The number of nitrogens with zero attached hydrogens (tertiary/aromatic N) is 2. The SMILES string of the molecule is CN=C(NCC(=O)NCCOC)NCC1(N2CCOCC2)CCCCC1. The van der Waals surface area contributed by atoms with Gasteiger partial charge >= 0.3 is 0 Å². The van der Waals surface area contributed by atoms with Crippen molar-refractivity contribution in [1.82, 2.24) is 20.9 Å². The van der Waals surface area contributed by atoms with Gasteiger partial charge in [0, 0.05) is 45.9 Å². The maximum atomic E-state index is 11.8. The zero-order valence-electron chi connectivity index (χ0n) is 16.3. The molecule has 0 atom stereocenters. The van der Waals surface area contributed by atoms with Crippen LogP contribution in [0.4, 0.5) is 0 Å². The van der Waals surface area contributed by atoms with Crippen molar-refractivity contribution >= 4 is 11.9 Å². The van der Waals surface area contributed by atoms with E-state index in [0.717, 1.165) is 32.8 Å². The number of guanidine groups is 1. The lowest BCUT2D eigenvalue weighted by molar-refractivity contribution is -0.120. The molecular formula is C18H35N5O3. The van der Waals surface area contributed by atoms with E-state index in [9.17, 15) is 4.79 Å². The van der Waals surface area contributed by atoms with E-state index >= 15 is 0 Å². The van der Waals surface area contributed by atoms with Gasteiger partial charge in [-0.3, -0.25) is 14.7 Å². The van der Waals surface area contributed by atoms with Crippen molar-refractivity contribution in [3.05, 3.63) is 0 Å². The summed E-state index contributed by atoms with van der Waals surface area (Å²) in [6, 6.07) is 0. The van der Waals surface area contributed by atoms with Crippen LogP contribution in [0.1, 0.15) is 32.1 Å². The maximum Gasteiger partial charge on any atom is 0.239 e. The van der Waals surface area contributed by atoms with Crippen molar-refractivity contribution in [2.75, 3.05) is 66.7 Å². The molecule has 1 saturated heterocycles. The van der Waals surface area contributed by atoms with Crippen LogP contribution in [0, 0.1) is 0 Å². The predicted octanol–water partition coefficient (Wildman–Crippen LogP) is -0.0509. The summed E-state index contributed by atoms with van der Waals surface area (Å²) in [4.78, 5) is 18.7.